The maximum absolute atomic E-state index is 12.0. The summed E-state index contributed by atoms with van der Waals surface area (Å²) in [6.45, 7) is 0. The van der Waals surface area contributed by atoms with Gasteiger partial charge in [-0.15, -0.1) is 0 Å². The van der Waals surface area contributed by atoms with Gasteiger partial charge in [-0.05, 0) is 35.4 Å². The van der Waals surface area contributed by atoms with Crippen LogP contribution >= 0.6 is 0 Å². The summed E-state index contributed by atoms with van der Waals surface area (Å²) in [4.78, 5) is 15.0. The summed E-state index contributed by atoms with van der Waals surface area (Å²) in [5.41, 5.74) is 6.11. The highest BCUT2D eigenvalue weighted by Crippen LogP contribution is 2.19. The smallest absolute Gasteiger partial charge is 0.271 e. The molecule has 0 fully saturated rings. The van der Waals surface area contributed by atoms with Crippen LogP contribution in [0.15, 0.2) is 78.0 Å². The molecular weight excluding hydrogens is 274 g/mol. The number of amides is 1. The van der Waals surface area contributed by atoms with E-state index in [1.807, 2.05) is 54.6 Å². The number of rotatable bonds is 4. The average molecular weight is 289 g/mol. The number of benzene rings is 2. The highest BCUT2D eigenvalue weighted by atomic mass is 16.2. The number of aromatic amines is 1. The standard InChI is InChI=1S/C18H15N3O/c22-18(21-20-13-17-7-4-12-19-17)16-10-8-15(9-11-16)14-5-2-1-3-6-14/h1-13,19H,(H,21,22)/b20-13-. The van der Waals surface area contributed by atoms with E-state index in [9.17, 15) is 4.79 Å². The molecule has 3 aromatic rings. The molecular formula is C18H15N3O. The van der Waals surface area contributed by atoms with Crippen LogP contribution in [0.25, 0.3) is 11.1 Å². The highest BCUT2D eigenvalue weighted by molar-refractivity contribution is 5.95. The third-order valence-electron chi connectivity index (χ3n) is 3.25. The van der Waals surface area contributed by atoms with Crippen LogP contribution in [0.2, 0.25) is 0 Å². The molecule has 1 aromatic heterocycles. The van der Waals surface area contributed by atoms with E-state index in [1.54, 1.807) is 24.5 Å². The molecule has 0 radical (unpaired) electrons. The molecule has 0 saturated carbocycles. The quantitative estimate of drug-likeness (QED) is 0.561. The maximum atomic E-state index is 12.0. The van der Waals surface area contributed by atoms with E-state index in [0.29, 0.717) is 5.56 Å². The van der Waals surface area contributed by atoms with E-state index in [-0.39, 0.29) is 5.91 Å². The van der Waals surface area contributed by atoms with Gasteiger partial charge in [-0.1, -0.05) is 42.5 Å². The minimum atomic E-state index is -0.234. The number of H-pyrrole nitrogens is 1. The molecule has 4 heteroatoms. The zero-order valence-corrected chi connectivity index (χ0v) is 11.9. The molecule has 3 rings (SSSR count). The monoisotopic (exact) mass is 289 g/mol. The van der Waals surface area contributed by atoms with Crippen molar-refractivity contribution in [1.29, 1.82) is 0 Å². The number of hydrogen-bond donors (Lipinski definition) is 2. The largest absolute Gasteiger partial charge is 0.360 e. The van der Waals surface area contributed by atoms with Crippen molar-refractivity contribution >= 4 is 12.1 Å². The van der Waals surface area contributed by atoms with Crippen molar-refractivity contribution in [1.82, 2.24) is 10.4 Å². The second-order valence-corrected chi connectivity index (χ2v) is 4.77. The summed E-state index contributed by atoms with van der Waals surface area (Å²) in [5, 5.41) is 3.91. The molecule has 0 aliphatic rings. The molecule has 0 unspecified atom stereocenters. The lowest BCUT2D eigenvalue weighted by Crippen LogP contribution is -2.17. The molecule has 0 aliphatic carbocycles. The number of aromatic nitrogens is 1. The SMILES string of the molecule is O=C(N/N=C\c1ccc[nH]1)c1ccc(-c2ccccc2)cc1. The van der Waals surface area contributed by atoms with E-state index >= 15 is 0 Å². The number of hydrogen-bond acceptors (Lipinski definition) is 2. The Bertz CT molecular complexity index is 760. The van der Waals surface area contributed by atoms with Crippen LogP contribution in [0.3, 0.4) is 0 Å². The number of nitrogens with zero attached hydrogens (tertiary/aromatic N) is 1. The first-order valence-corrected chi connectivity index (χ1v) is 6.95. The van der Waals surface area contributed by atoms with Gasteiger partial charge in [0.1, 0.15) is 0 Å². The first-order valence-electron chi connectivity index (χ1n) is 6.95. The van der Waals surface area contributed by atoms with Crippen molar-refractivity contribution in [2.75, 3.05) is 0 Å². The highest BCUT2D eigenvalue weighted by Gasteiger charge is 2.04. The maximum Gasteiger partial charge on any atom is 0.271 e. The van der Waals surface area contributed by atoms with E-state index < -0.39 is 0 Å². The molecule has 0 bridgehead atoms. The third-order valence-corrected chi connectivity index (χ3v) is 3.25. The summed E-state index contributed by atoms with van der Waals surface area (Å²) >= 11 is 0. The van der Waals surface area contributed by atoms with Gasteiger partial charge in [-0.2, -0.15) is 5.10 Å². The first kappa shape index (κ1) is 13.8. The average Bonchev–Trinajstić information content (AvgIpc) is 3.09. The molecule has 0 saturated heterocycles. The van der Waals surface area contributed by atoms with Crippen molar-refractivity contribution in [3.63, 3.8) is 0 Å². The molecule has 108 valence electrons. The molecule has 22 heavy (non-hydrogen) atoms. The Hall–Kier alpha value is -3.14. The Morgan fingerprint density at radius 2 is 1.64 bits per heavy atom. The fourth-order valence-corrected chi connectivity index (χ4v) is 2.09. The Kier molecular flexibility index (Phi) is 4.11. The van der Waals surface area contributed by atoms with Gasteiger partial charge in [0.15, 0.2) is 0 Å². The lowest BCUT2D eigenvalue weighted by atomic mass is 10.0. The summed E-state index contributed by atoms with van der Waals surface area (Å²) in [6, 6.07) is 21.2. The molecule has 1 heterocycles. The van der Waals surface area contributed by atoms with E-state index in [0.717, 1.165) is 16.8 Å². The van der Waals surface area contributed by atoms with Crippen LogP contribution in [0.1, 0.15) is 16.1 Å². The fourth-order valence-electron chi connectivity index (χ4n) is 2.09. The number of hydrazone groups is 1. The van der Waals surface area contributed by atoms with Crippen molar-refractivity contribution in [2.45, 2.75) is 0 Å². The molecule has 0 spiro atoms. The predicted octanol–water partition coefficient (Wildman–Crippen LogP) is 3.45. The molecule has 0 atom stereocenters. The van der Waals surface area contributed by atoms with Crippen LogP contribution in [-0.2, 0) is 0 Å². The number of carbonyl (C=O) groups excluding carboxylic acids is 1. The Morgan fingerprint density at radius 3 is 2.32 bits per heavy atom. The Morgan fingerprint density at radius 1 is 0.909 bits per heavy atom. The van der Waals surface area contributed by atoms with Crippen molar-refractivity contribution in [3.8, 4) is 11.1 Å². The summed E-state index contributed by atoms with van der Waals surface area (Å²) in [7, 11) is 0. The van der Waals surface area contributed by atoms with E-state index in [2.05, 4.69) is 15.5 Å². The van der Waals surface area contributed by atoms with Gasteiger partial charge in [0.2, 0.25) is 0 Å². The minimum Gasteiger partial charge on any atom is -0.360 e. The topological polar surface area (TPSA) is 57.2 Å². The van der Waals surface area contributed by atoms with Gasteiger partial charge in [-0.25, -0.2) is 5.43 Å². The number of nitrogens with one attached hydrogen (secondary N) is 2. The van der Waals surface area contributed by atoms with Crippen LogP contribution in [0.5, 0.6) is 0 Å². The lowest BCUT2D eigenvalue weighted by Gasteiger charge is -2.03. The van der Waals surface area contributed by atoms with Gasteiger partial charge in [-0.3, -0.25) is 4.79 Å². The van der Waals surface area contributed by atoms with Gasteiger partial charge in [0, 0.05) is 11.8 Å². The van der Waals surface area contributed by atoms with Crippen LogP contribution in [0, 0.1) is 0 Å². The van der Waals surface area contributed by atoms with Crippen molar-refractivity contribution in [2.24, 2.45) is 5.10 Å². The van der Waals surface area contributed by atoms with Crippen LogP contribution < -0.4 is 5.43 Å². The first-order chi connectivity index (χ1) is 10.8. The molecule has 2 N–H and O–H groups in total. The fraction of sp³-hybridized carbons (Fsp3) is 0. The normalized spacial score (nSPS) is 10.7. The third kappa shape index (κ3) is 3.30. The second kappa shape index (κ2) is 6.54. The van der Waals surface area contributed by atoms with Gasteiger partial charge in [0.25, 0.3) is 5.91 Å². The minimum absolute atomic E-state index is 0.234. The van der Waals surface area contributed by atoms with Crippen molar-refractivity contribution in [3.05, 3.63) is 84.2 Å². The Balaban J connectivity index is 1.66. The second-order valence-electron chi connectivity index (χ2n) is 4.77. The van der Waals surface area contributed by atoms with Crippen LogP contribution in [-0.4, -0.2) is 17.1 Å². The van der Waals surface area contributed by atoms with Gasteiger partial charge >= 0.3 is 0 Å². The molecule has 4 nitrogen and oxygen atoms in total. The Labute approximate surface area is 128 Å². The molecule has 2 aromatic carbocycles. The van der Waals surface area contributed by atoms with E-state index in [1.165, 1.54) is 0 Å². The lowest BCUT2D eigenvalue weighted by molar-refractivity contribution is 0.0955. The van der Waals surface area contributed by atoms with Crippen molar-refractivity contribution < 1.29 is 4.79 Å². The zero-order valence-electron chi connectivity index (χ0n) is 11.9. The zero-order chi connectivity index (χ0) is 15.2. The predicted molar refractivity (Wildman–Crippen MR) is 87.7 cm³/mol. The summed E-state index contributed by atoms with van der Waals surface area (Å²) < 4.78 is 0. The summed E-state index contributed by atoms with van der Waals surface area (Å²) in [5.74, 6) is -0.234. The van der Waals surface area contributed by atoms with Crippen LogP contribution in [0.4, 0.5) is 0 Å². The molecule has 0 aliphatic heterocycles. The van der Waals surface area contributed by atoms with E-state index in [4.69, 9.17) is 0 Å². The number of carbonyl (C=O) groups is 1. The summed E-state index contributed by atoms with van der Waals surface area (Å²) in [6.07, 6.45) is 3.36. The van der Waals surface area contributed by atoms with Gasteiger partial charge in [0.05, 0.1) is 11.9 Å². The van der Waals surface area contributed by atoms with Gasteiger partial charge < -0.3 is 4.98 Å². The molecule has 1 amide bonds.